The summed E-state index contributed by atoms with van der Waals surface area (Å²) in [6.07, 6.45) is 2.96. The Bertz CT molecular complexity index is 705. The molecule has 21 heavy (non-hydrogen) atoms. The molecule has 0 aliphatic rings. The van der Waals surface area contributed by atoms with E-state index in [0.29, 0.717) is 0 Å². The molecule has 0 spiro atoms. The van der Waals surface area contributed by atoms with Crippen molar-refractivity contribution in [3.63, 3.8) is 0 Å². The summed E-state index contributed by atoms with van der Waals surface area (Å²) in [7, 11) is 1.98. The van der Waals surface area contributed by atoms with Crippen molar-refractivity contribution in [1.29, 1.82) is 0 Å². The highest BCUT2D eigenvalue weighted by atomic mass is 79.9. The van der Waals surface area contributed by atoms with Crippen LogP contribution in [0, 0.1) is 0 Å². The smallest absolute Gasteiger partial charge is 0.0801 e. The number of para-hydroxylation sites is 1. The highest BCUT2D eigenvalue weighted by Crippen LogP contribution is 2.25. The predicted octanol–water partition coefficient (Wildman–Crippen LogP) is 4.20. The van der Waals surface area contributed by atoms with Crippen LogP contribution in [0.5, 0.6) is 0 Å². The van der Waals surface area contributed by atoms with Crippen molar-refractivity contribution in [2.75, 3.05) is 7.05 Å². The number of nitrogens with one attached hydrogen (secondary N) is 1. The molecule has 3 aromatic rings. The fourth-order valence-electron chi connectivity index (χ4n) is 2.26. The summed E-state index contributed by atoms with van der Waals surface area (Å²) < 4.78 is 3.07. The summed E-state index contributed by atoms with van der Waals surface area (Å²) in [5.74, 6) is 0. The Balaban J connectivity index is 1.80. The van der Waals surface area contributed by atoms with Gasteiger partial charge in [0.15, 0.2) is 0 Å². The highest BCUT2D eigenvalue weighted by molar-refractivity contribution is 9.10. The molecule has 0 amide bonds. The molecule has 1 unspecified atom stereocenters. The number of halogens is 1. The van der Waals surface area contributed by atoms with Crippen molar-refractivity contribution in [1.82, 2.24) is 15.1 Å². The number of likely N-dealkylation sites (N-methyl/N-ethyl adjacent to an activating group) is 1. The largest absolute Gasteiger partial charge is 0.311 e. The Morgan fingerprint density at radius 2 is 2.10 bits per heavy atom. The van der Waals surface area contributed by atoms with Gasteiger partial charge in [-0.2, -0.15) is 5.10 Å². The van der Waals surface area contributed by atoms with Crippen molar-refractivity contribution < 1.29 is 0 Å². The van der Waals surface area contributed by atoms with Gasteiger partial charge >= 0.3 is 0 Å². The first kappa shape index (κ1) is 14.5. The minimum absolute atomic E-state index is 0.223. The van der Waals surface area contributed by atoms with Crippen LogP contribution in [0.3, 0.4) is 0 Å². The van der Waals surface area contributed by atoms with Crippen LogP contribution in [-0.4, -0.2) is 16.8 Å². The van der Waals surface area contributed by atoms with Crippen LogP contribution in [-0.2, 0) is 6.42 Å². The van der Waals surface area contributed by atoms with E-state index in [0.717, 1.165) is 22.3 Å². The van der Waals surface area contributed by atoms with Gasteiger partial charge in [-0.3, -0.25) is 0 Å². The Morgan fingerprint density at radius 1 is 1.29 bits per heavy atom. The zero-order chi connectivity index (χ0) is 14.7. The summed E-state index contributed by atoms with van der Waals surface area (Å²) in [5.41, 5.74) is 2.14. The van der Waals surface area contributed by atoms with Crippen LogP contribution < -0.4 is 5.32 Å². The van der Waals surface area contributed by atoms with Crippen molar-refractivity contribution >= 4 is 27.3 Å². The normalized spacial score (nSPS) is 12.5. The Morgan fingerprint density at radius 3 is 2.76 bits per heavy atom. The molecule has 0 aliphatic heterocycles. The van der Waals surface area contributed by atoms with Gasteiger partial charge in [-0.15, -0.1) is 11.3 Å². The van der Waals surface area contributed by atoms with E-state index in [9.17, 15) is 0 Å². The van der Waals surface area contributed by atoms with Crippen LogP contribution in [0.15, 0.2) is 58.5 Å². The molecule has 0 saturated carbocycles. The fraction of sp³-hybridized carbons (Fsp3) is 0.188. The van der Waals surface area contributed by atoms with Crippen molar-refractivity contribution in [2.45, 2.75) is 12.5 Å². The first-order valence-electron chi connectivity index (χ1n) is 6.77. The third-order valence-corrected chi connectivity index (χ3v) is 5.08. The maximum Gasteiger partial charge on any atom is 0.0801 e. The van der Waals surface area contributed by atoms with Crippen LogP contribution >= 0.6 is 27.3 Å². The van der Waals surface area contributed by atoms with Crippen LogP contribution in [0.1, 0.15) is 16.6 Å². The van der Waals surface area contributed by atoms with Gasteiger partial charge in [-0.05, 0) is 47.2 Å². The number of rotatable bonds is 5. The SMILES string of the molecule is CNC(Cc1cc(Br)cs1)c1ccn(-c2ccccc2)n1. The maximum absolute atomic E-state index is 4.70. The first-order chi connectivity index (χ1) is 10.3. The van der Waals surface area contributed by atoms with Crippen LogP contribution in [0.2, 0.25) is 0 Å². The Labute approximate surface area is 136 Å². The second kappa shape index (κ2) is 6.56. The number of thiophene rings is 1. The van der Waals surface area contributed by atoms with E-state index >= 15 is 0 Å². The average molecular weight is 362 g/mol. The first-order valence-corrected chi connectivity index (χ1v) is 8.44. The molecule has 108 valence electrons. The van der Waals surface area contributed by atoms with Crippen molar-refractivity contribution in [3.05, 3.63) is 69.1 Å². The minimum atomic E-state index is 0.223. The maximum atomic E-state index is 4.70. The van der Waals surface area contributed by atoms with Gasteiger partial charge in [0.05, 0.1) is 17.4 Å². The molecular weight excluding hydrogens is 346 g/mol. The number of hydrogen-bond donors (Lipinski definition) is 1. The topological polar surface area (TPSA) is 29.9 Å². The molecule has 2 aromatic heterocycles. The lowest BCUT2D eigenvalue weighted by Gasteiger charge is -2.12. The molecule has 0 saturated heterocycles. The number of aromatic nitrogens is 2. The predicted molar refractivity (Wildman–Crippen MR) is 91.1 cm³/mol. The molecule has 1 N–H and O–H groups in total. The fourth-order valence-corrected chi connectivity index (χ4v) is 3.76. The molecule has 0 bridgehead atoms. The lowest BCUT2D eigenvalue weighted by Crippen LogP contribution is -2.19. The number of benzene rings is 1. The highest BCUT2D eigenvalue weighted by Gasteiger charge is 2.14. The Hall–Kier alpha value is -1.43. The van der Waals surface area contributed by atoms with Crippen molar-refractivity contribution in [2.24, 2.45) is 0 Å². The molecule has 5 heteroatoms. The van der Waals surface area contributed by atoms with E-state index in [1.807, 2.05) is 36.1 Å². The second-order valence-electron chi connectivity index (χ2n) is 4.80. The van der Waals surface area contributed by atoms with Gasteiger partial charge in [-0.1, -0.05) is 18.2 Å². The van der Waals surface area contributed by atoms with Gasteiger partial charge in [0.25, 0.3) is 0 Å². The summed E-state index contributed by atoms with van der Waals surface area (Å²) in [5, 5.41) is 10.2. The summed E-state index contributed by atoms with van der Waals surface area (Å²) in [4.78, 5) is 1.34. The molecule has 1 aromatic carbocycles. The number of hydrogen-bond acceptors (Lipinski definition) is 3. The van der Waals surface area contributed by atoms with Crippen LogP contribution in [0.25, 0.3) is 5.69 Å². The van der Waals surface area contributed by atoms with E-state index in [2.05, 4.69) is 50.9 Å². The lowest BCUT2D eigenvalue weighted by molar-refractivity contribution is 0.573. The van der Waals surface area contributed by atoms with E-state index < -0.39 is 0 Å². The monoisotopic (exact) mass is 361 g/mol. The van der Waals surface area contributed by atoms with E-state index in [1.54, 1.807) is 11.3 Å². The molecule has 0 radical (unpaired) electrons. The standard InChI is InChI=1S/C16H16BrN3S/c1-18-16(10-14-9-12(17)11-21-14)15-7-8-20(19-15)13-5-3-2-4-6-13/h2-9,11,16,18H,10H2,1H3. The zero-order valence-corrected chi connectivity index (χ0v) is 14.1. The summed E-state index contributed by atoms with van der Waals surface area (Å²) in [6, 6.07) is 14.6. The number of nitrogens with zero attached hydrogens (tertiary/aromatic N) is 2. The third-order valence-electron chi connectivity index (χ3n) is 3.36. The van der Waals surface area contributed by atoms with Crippen molar-refractivity contribution in [3.8, 4) is 5.69 Å². The quantitative estimate of drug-likeness (QED) is 0.737. The second-order valence-corrected chi connectivity index (χ2v) is 6.71. The lowest BCUT2D eigenvalue weighted by atomic mass is 10.1. The summed E-state index contributed by atoms with van der Waals surface area (Å²) in [6.45, 7) is 0. The van der Waals surface area contributed by atoms with E-state index in [4.69, 9.17) is 5.10 Å². The molecule has 3 nitrogen and oxygen atoms in total. The third kappa shape index (κ3) is 3.43. The van der Waals surface area contributed by atoms with Gasteiger partial charge in [-0.25, -0.2) is 4.68 Å². The van der Waals surface area contributed by atoms with E-state index in [1.165, 1.54) is 4.88 Å². The molecule has 0 fully saturated rings. The van der Waals surface area contributed by atoms with Gasteiger partial charge < -0.3 is 5.32 Å². The molecule has 1 atom stereocenters. The molecule has 0 aliphatic carbocycles. The van der Waals surface area contributed by atoms with Gasteiger partial charge in [0, 0.05) is 27.3 Å². The minimum Gasteiger partial charge on any atom is -0.311 e. The zero-order valence-electron chi connectivity index (χ0n) is 11.7. The van der Waals surface area contributed by atoms with E-state index in [-0.39, 0.29) is 6.04 Å². The molecule has 2 heterocycles. The average Bonchev–Trinajstić information content (AvgIpc) is 3.15. The Kier molecular flexibility index (Phi) is 4.53. The van der Waals surface area contributed by atoms with Gasteiger partial charge in [0.2, 0.25) is 0 Å². The van der Waals surface area contributed by atoms with Crippen LogP contribution in [0.4, 0.5) is 0 Å². The molecular formula is C16H16BrN3S. The summed E-state index contributed by atoms with van der Waals surface area (Å²) >= 11 is 5.27. The van der Waals surface area contributed by atoms with Gasteiger partial charge in [0.1, 0.15) is 0 Å². The molecule has 3 rings (SSSR count).